The maximum Gasteiger partial charge on any atom is 0.259 e. The number of anilines is 1. The van der Waals surface area contributed by atoms with E-state index in [4.69, 9.17) is 5.10 Å². The number of amides is 1. The van der Waals surface area contributed by atoms with Crippen LogP contribution in [-0.2, 0) is 5.41 Å². The predicted molar refractivity (Wildman–Crippen MR) is 148 cm³/mol. The maximum atomic E-state index is 14.0. The summed E-state index contributed by atoms with van der Waals surface area (Å²) in [5, 5.41) is 8.45. The molecular weight excluding hydrogens is 474 g/mol. The number of carbonyl (C=O) groups is 1. The molecule has 1 N–H and O–H groups in total. The number of para-hydroxylation sites is 2. The Morgan fingerprint density at radius 1 is 0.811 bits per heavy atom. The number of carbonyl (C=O) groups excluding carboxylic acids is 1. The average molecular weight is 506 g/mol. The molecule has 0 atom stereocenters. The highest BCUT2D eigenvalue weighted by atomic mass is 32.2. The smallest absolute Gasteiger partial charge is 0.259 e. The molecule has 3 aromatic carbocycles. The van der Waals surface area contributed by atoms with Crippen LogP contribution in [0.4, 0.5) is 5.69 Å². The average Bonchev–Trinajstić information content (AvgIpc) is 3.37. The first kappa shape index (κ1) is 22.9. The summed E-state index contributed by atoms with van der Waals surface area (Å²) in [6.07, 6.45) is 9.58. The number of hydrogen-bond acceptors (Lipinski definition) is 3. The van der Waals surface area contributed by atoms with Crippen LogP contribution in [0.25, 0.3) is 5.69 Å². The van der Waals surface area contributed by atoms with Crippen molar-refractivity contribution in [1.29, 1.82) is 0 Å². The lowest BCUT2D eigenvalue weighted by atomic mass is 9.48. The third-order valence-corrected chi connectivity index (χ3v) is 9.71. The zero-order valence-corrected chi connectivity index (χ0v) is 21.7. The Bertz CT molecular complexity index is 1390. The normalized spacial score (nSPS) is 25.8. The van der Waals surface area contributed by atoms with Crippen LogP contribution >= 0.6 is 11.8 Å². The standard InChI is InChI=1S/C32H31N3OS/c36-31(33-28-13-7-8-14-29(28)37-26-11-5-2-6-12-26)27-21-35(25-9-3-1-4-10-25)34-30(27)32-18-22-15-23(19-32)17-24(16-22)20-32/h1-14,21-24H,15-20H2,(H,33,36). The Morgan fingerprint density at radius 3 is 2.08 bits per heavy atom. The van der Waals surface area contributed by atoms with Gasteiger partial charge < -0.3 is 5.32 Å². The summed E-state index contributed by atoms with van der Waals surface area (Å²) in [6, 6.07) is 28.6. The van der Waals surface area contributed by atoms with Gasteiger partial charge in [0, 0.05) is 21.4 Å². The van der Waals surface area contributed by atoms with E-state index >= 15 is 0 Å². The largest absolute Gasteiger partial charge is 0.321 e. The Morgan fingerprint density at radius 2 is 1.41 bits per heavy atom. The van der Waals surface area contributed by atoms with Gasteiger partial charge in [-0.25, -0.2) is 4.68 Å². The van der Waals surface area contributed by atoms with Gasteiger partial charge in [0.2, 0.25) is 0 Å². The summed E-state index contributed by atoms with van der Waals surface area (Å²) in [6.45, 7) is 0. The van der Waals surface area contributed by atoms with Gasteiger partial charge >= 0.3 is 0 Å². The molecule has 37 heavy (non-hydrogen) atoms. The van der Waals surface area contributed by atoms with Crippen molar-refractivity contribution >= 4 is 23.4 Å². The highest BCUT2D eigenvalue weighted by molar-refractivity contribution is 7.99. The fourth-order valence-electron chi connectivity index (χ4n) is 7.51. The van der Waals surface area contributed by atoms with Gasteiger partial charge in [-0.15, -0.1) is 0 Å². The molecule has 4 aromatic rings. The second-order valence-corrected chi connectivity index (χ2v) is 12.4. The van der Waals surface area contributed by atoms with Crippen LogP contribution in [0.1, 0.15) is 54.6 Å². The molecule has 0 radical (unpaired) electrons. The number of aromatic nitrogens is 2. The molecule has 1 heterocycles. The van der Waals surface area contributed by atoms with Gasteiger partial charge in [-0.2, -0.15) is 5.10 Å². The Labute approximate surface area is 222 Å². The van der Waals surface area contributed by atoms with E-state index in [0.717, 1.165) is 50.2 Å². The van der Waals surface area contributed by atoms with Crippen LogP contribution in [0.2, 0.25) is 0 Å². The van der Waals surface area contributed by atoms with Crippen molar-refractivity contribution in [2.45, 2.75) is 53.7 Å². The molecule has 0 unspecified atom stereocenters. The molecule has 1 amide bonds. The van der Waals surface area contributed by atoms with E-state index in [1.165, 1.54) is 38.5 Å². The molecule has 4 fully saturated rings. The van der Waals surface area contributed by atoms with Crippen LogP contribution in [0.3, 0.4) is 0 Å². The van der Waals surface area contributed by atoms with E-state index in [9.17, 15) is 4.79 Å². The Kier molecular flexibility index (Phi) is 5.69. The van der Waals surface area contributed by atoms with E-state index in [-0.39, 0.29) is 11.3 Å². The molecule has 4 bridgehead atoms. The number of hydrogen-bond donors (Lipinski definition) is 1. The molecule has 0 aliphatic heterocycles. The fraction of sp³-hybridized carbons (Fsp3) is 0.312. The van der Waals surface area contributed by atoms with Crippen molar-refractivity contribution in [3.8, 4) is 5.69 Å². The van der Waals surface area contributed by atoms with Gasteiger partial charge in [0.15, 0.2) is 0 Å². The molecule has 186 valence electrons. The second-order valence-electron chi connectivity index (χ2n) is 11.2. The minimum atomic E-state index is -0.0611. The van der Waals surface area contributed by atoms with Gasteiger partial charge in [-0.1, -0.05) is 60.3 Å². The van der Waals surface area contributed by atoms with E-state index in [1.54, 1.807) is 11.8 Å². The second kappa shape index (κ2) is 9.21. The van der Waals surface area contributed by atoms with Gasteiger partial charge in [-0.3, -0.25) is 4.79 Å². The van der Waals surface area contributed by atoms with Crippen LogP contribution in [-0.4, -0.2) is 15.7 Å². The number of nitrogens with zero attached hydrogens (tertiary/aromatic N) is 2. The topological polar surface area (TPSA) is 46.9 Å². The molecule has 4 aliphatic rings. The SMILES string of the molecule is O=C(Nc1ccccc1Sc1ccccc1)c1cn(-c2ccccc2)nc1C12CC3CC(CC(C3)C1)C2. The summed E-state index contributed by atoms with van der Waals surface area (Å²) in [4.78, 5) is 16.2. The molecule has 0 spiro atoms. The lowest BCUT2D eigenvalue weighted by molar-refractivity contribution is -0.00765. The van der Waals surface area contributed by atoms with Crippen LogP contribution in [0.5, 0.6) is 0 Å². The third-order valence-electron chi connectivity index (χ3n) is 8.63. The first-order valence-corrected chi connectivity index (χ1v) is 14.3. The first-order chi connectivity index (χ1) is 18.1. The fourth-order valence-corrected chi connectivity index (χ4v) is 8.43. The molecule has 1 aromatic heterocycles. The van der Waals surface area contributed by atoms with E-state index in [2.05, 4.69) is 35.6 Å². The lowest BCUT2D eigenvalue weighted by Crippen LogP contribution is -2.49. The molecule has 4 saturated carbocycles. The van der Waals surface area contributed by atoms with Crippen molar-refractivity contribution in [3.63, 3.8) is 0 Å². The molecular formula is C32H31N3OS. The third kappa shape index (κ3) is 4.29. The number of benzene rings is 3. The van der Waals surface area contributed by atoms with Gasteiger partial charge in [0.1, 0.15) is 0 Å². The number of rotatable bonds is 6. The van der Waals surface area contributed by atoms with Crippen LogP contribution < -0.4 is 5.32 Å². The summed E-state index contributed by atoms with van der Waals surface area (Å²) in [5.41, 5.74) is 3.60. The zero-order chi connectivity index (χ0) is 24.8. The summed E-state index contributed by atoms with van der Waals surface area (Å²) >= 11 is 1.67. The highest BCUT2D eigenvalue weighted by Gasteiger charge is 2.54. The van der Waals surface area contributed by atoms with Crippen molar-refractivity contribution in [3.05, 3.63) is 102 Å². The highest BCUT2D eigenvalue weighted by Crippen LogP contribution is 2.61. The lowest BCUT2D eigenvalue weighted by Gasteiger charge is -2.56. The van der Waals surface area contributed by atoms with Crippen molar-refractivity contribution < 1.29 is 4.79 Å². The minimum absolute atomic E-state index is 0.0275. The zero-order valence-electron chi connectivity index (χ0n) is 20.8. The summed E-state index contributed by atoms with van der Waals surface area (Å²) in [7, 11) is 0. The van der Waals surface area contributed by atoms with Gasteiger partial charge in [0.25, 0.3) is 5.91 Å². The van der Waals surface area contributed by atoms with Crippen molar-refractivity contribution in [2.24, 2.45) is 17.8 Å². The molecule has 8 rings (SSSR count). The van der Waals surface area contributed by atoms with E-state index in [0.29, 0.717) is 0 Å². The molecule has 5 heteroatoms. The van der Waals surface area contributed by atoms with Crippen molar-refractivity contribution in [2.75, 3.05) is 5.32 Å². The van der Waals surface area contributed by atoms with Crippen molar-refractivity contribution in [1.82, 2.24) is 9.78 Å². The number of nitrogens with one attached hydrogen (secondary N) is 1. The minimum Gasteiger partial charge on any atom is -0.321 e. The Hall–Kier alpha value is -3.31. The molecule has 0 saturated heterocycles. The van der Waals surface area contributed by atoms with Gasteiger partial charge in [0.05, 0.1) is 22.6 Å². The maximum absolute atomic E-state index is 14.0. The monoisotopic (exact) mass is 505 g/mol. The molecule has 4 aliphatic carbocycles. The van der Waals surface area contributed by atoms with Gasteiger partial charge in [-0.05, 0) is 92.7 Å². The van der Waals surface area contributed by atoms with E-state index < -0.39 is 0 Å². The Balaban J connectivity index is 1.26. The van der Waals surface area contributed by atoms with E-state index in [1.807, 2.05) is 65.5 Å². The first-order valence-electron chi connectivity index (χ1n) is 13.4. The quantitative estimate of drug-likeness (QED) is 0.291. The van der Waals surface area contributed by atoms with Crippen LogP contribution in [0, 0.1) is 17.8 Å². The van der Waals surface area contributed by atoms with Crippen LogP contribution in [0.15, 0.2) is 101 Å². The summed E-state index contributed by atoms with van der Waals surface area (Å²) < 4.78 is 1.92. The predicted octanol–water partition coefficient (Wildman–Crippen LogP) is 7.74. The molecule has 4 nitrogen and oxygen atoms in total. The summed E-state index contributed by atoms with van der Waals surface area (Å²) in [5.74, 6) is 2.29.